The SMILES string of the molecule is O=c1[nH]c(=O)n([C@@H]2O[C@H](CO)[C@H]3O[C@]4(C[C@H]5CC[C@@H]4C5)O[C@H]32)cc1F. The molecule has 0 radical (unpaired) electrons. The zero-order valence-electron chi connectivity index (χ0n) is 13.4. The van der Waals surface area contributed by atoms with Gasteiger partial charge in [0, 0.05) is 12.3 Å². The second kappa shape index (κ2) is 5.23. The molecule has 136 valence electrons. The average molecular weight is 354 g/mol. The number of hydrogen-bond acceptors (Lipinski definition) is 6. The summed E-state index contributed by atoms with van der Waals surface area (Å²) in [5, 5.41) is 9.63. The summed E-state index contributed by atoms with van der Waals surface area (Å²) in [4.78, 5) is 25.3. The van der Waals surface area contributed by atoms with Crippen molar-refractivity contribution in [2.45, 2.75) is 56.0 Å². The Morgan fingerprint density at radius 1 is 1.32 bits per heavy atom. The van der Waals surface area contributed by atoms with E-state index in [1.807, 2.05) is 4.98 Å². The summed E-state index contributed by atoms with van der Waals surface area (Å²) in [7, 11) is 0. The molecule has 0 aromatic carbocycles. The molecule has 4 fully saturated rings. The third kappa shape index (κ3) is 2.13. The number of nitrogens with one attached hydrogen (secondary N) is 1. The van der Waals surface area contributed by atoms with E-state index >= 15 is 0 Å². The van der Waals surface area contributed by atoms with Gasteiger partial charge in [0.15, 0.2) is 12.0 Å². The number of fused-ring (bicyclic) bond motifs is 4. The van der Waals surface area contributed by atoms with Gasteiger partial charge in [0.1, 0.15) is 18.3 Å². The first-order valence-corrected chi connectivity index (χ1v) is 8.63. The highest BCUT2D eigenvalue weighted by atomic mass is 19.1. The number of halogens is 1. The molecule has 2 saturated heterocycles. The Hall–Kier alpha value is -1.55. The predicted molar refractivity (Wildman–Crippen MR) is 80.2 cm³/mol. The van der Waals surface area contributed by atoms with E-state index in [1.54, 1.807) is 0 Å². The molecule has 5 rings (SSSR count). The quantitative estimate of drug-likeness (QED) is 0.767. The Morgan fingerprint density at radius 3 is 2.80 bits per heavy atom. The average Bonchev–Trinajstić information content (AvgIpc) is 3.31. The van der Waals surface area contributed by atoms with Gasteiger partial charge >= 0.3 is 5.69 Å². The molecule has 7 atom stereocenters. The fraction of sp³-hybridized carbons (Fsp3) is 0.750. The topological polar surface area (TPSA) is 103 Å². The van der Waals surface area contributed by atoms with Crippen molar-refractivity contribution >= 4 is 0 Å². The van der Waals surface area contributed by atoms with E-state index in [0.717, 1.165) is 30.0 Å². The van der Waals surface area contributed by atoms with Crippen LogP contribution in [0.15, 0.2) is 15.8 Å². The fourth-order valence-electron chi connectivity index (χ4n) is 5.00. The minimum Gasteiger partial charge on any atom is -0.394 e. The largest absolute Gasteiger partial charge is 0.394 e. The molecule has 1 aromatic rings. The molecule has 2 N–H and O–H groups in total. The number of hydrogen-bond donors (Lipinski definition) is 2. The number of nitrogens with zero attached hydrogens (tertiary/aromatic N) is 1. The molecule has 2 aliphatic heterocycles. The fourth-order valence-corrected chi connectivity index (χ4v) is 5.00. The van der Waals surface area contributed by atoms with Crippen LogP contribution >= 0.6 is 0 Å². The van der Waals surface area contributed by atoms with Gasteiger partial charge in [0.05, 0.1) is 12.8 Å². The van der Waals surface area contributed by atoms with E-state index < -0.39 is 47.4 Å². The maximum absolute atomic E-state index is 13.7. The Balaban J connectivity index is 1.51. The molecule has 1 spiro atoms. The number of aromatic nitrogens is 2. The predicted octanol–water partition coefficient (Wildman–Crippen LogP) is -0.134. The van der Waals surface area contributed by atoms with Crippen molar-refractivity contribution < 1.29 is 23.7 Å². The van der Waals surface area contributed by atoms with Crippen molar-refractivity contribution in [2.75, 3.05) is 6.61 Å². The third-order valence-corrected chi connectivity index (χ3v) is 6.07. The molecule has 8 nitrogen and oxygen atoms in total. The molecule has 1 aromatic heterocycles. The lowest BCUT2D eigenvalue weighted by atomic mass is 9.94. The lowest BCUT2D eigenvalue weighted by Gasteiger charge is -2.34. The highest BCUT2D eigenvalue weighted by Crippen LogP contribution is 2.58. The maximum Gasteiger partial charge on any atom is 0.330 e. The van der Waals surface area contributed by atoms with Crippen LogP contribution in [0.2, 0.25) is 0 Å². The van der Waals surface area contributed by atoms with Crippen LogP contribution in [0, 0.1) is 17.7 Å². The molecule has 2 saturated carbocycles. The summed E-state index contributed by atoms with van der Waals surface area (Å²) in [6.45, 7) is -0.300. The molecule has 25 heavy (non-hydrogen) atoms. The van der Waals surface area contributed by atoms with Crippen LogP contribution < -0.4 is 11.2 Å². The summed E-state index contributed by atoms with van der Waals surface area (Å²) in [6, 6.07) is 0. The summed E-state index contributed by atoms with van der Waals surface area (Å²) in [5.74, 6) is -0.908. The van der Waals surface area contributed by atoms with Crippen molar-refractivity contribution in [3.63, 3.8) is 0 Å². The summed E-state index contributed by atoms with van der Waals surface area (Å²) < 4.78 is 32.8. The second-order valence-electron chi connectivity index (χ2n) is 7.45. The smallest absolute Gasteiger partial charge is 0.330 e. The normalized spacial score (nSPS) is 44.7. The third-order valence-electron chi connectivity index (χ3n) is 6.07. The molecule has 0 unspecified atom stereocenters. The number of H-pyrrole nitrogens is 1. The van der Waals surface area contributed by atoms with Crippen LogP contribution in [0.5, 0.6) is 0 Å². The van der Waals surface area contributed by atoms with Crippen molar-refractivity contribution in [1.82, 2.24) is 9.55 Å². The van der Waals surface area contributed by atoms with Gasteiger partial charge in [-0.3, -0.25) is 14.3 Å². The van der Waals surface area contributed by atoms with Crippen LogP contribution in [-0.2, 0) is 14.2 Å². The molecular formula is C16H19FN2O6. The summed E-state index contributed by atoms with van der Waals surface area (Å²) in [6.07, 6.45) is 2.07. The van der Waals surface area contributed by atoms with Crippen LogP contribution in [0.3, 0.4) is 0 Å². The van der Waals surface area contributed by atoms with E-state index in [0.29, 0.717) is 11.8 Å². The molecule has 4 aliphatic rings. The van der Waals surface area contributed by atoms with Crippen molar-refractivity contribution in [3.05, 3.63) is 32.9 Å². The Kier molecular flexibility index (Phi) is 3.28. The van der Waals surface area contributed by atoms with Gasteiger partial charge in [-0.15, -0.1) is 0 Å². The van der Waals surface area contributed by atoms with Gasteiger partial charge in [0.25, 0.3) is 5.56 Å². The highest BCUT2D eigenvalue weighted by Gasteiger charge is 2.65. The zero-order chi connectivity index (χ0) is 17.3. The summed E-state index contributed by atoms with van der Waals surface area (Å²) >= 11 is 0. The first kappa shape index (κ1) is 15.7. The van der Waals surface area contributed by atoms with Gasteiger partial charge < -0.3 is 19.3 Å². The molecule has 3 heterocycles. The van der Waals surface area contributed by atoms with Gasteiger partial charge in [-0.05, 0) is 25.2 Å². The number of ether oxygens (including phenoxy) is 3. The van der Waals surface area contributed by atoms with Crippen LogP contribution in [0.4, 0.5) is 4.39 Å². The molecule has 9 heteroatoms. The van der Waals surface area contributed by atoms with Crippen LogP contribution in [0.1, 0.15) is 31.9 Å². The van der Waals surface area contributed by atoms with Gasteiger partial charge in [-0.25, -0.2) is 4.79 Å². The number of aromatic amines is 1. The van der Waals surface area contributed by atoms with E-state index in [9.17, 15) is 19.1 Å². The lowest BCUT2D eigenvalue weighted by molar-refractivity contribution is -0.243. The number of aliphatic hydroxyl groups excluding tert-OH is 1. The molecule has 0 amide bonds. The molecule has 2 bridgehead atoms. The van der Waals surface area contributed by atoms with Gasteiger partial charge in [0.2, 0.25) is 5.82 Å². The first-order chi connectivity index (χ1) is 12.0. The van der Waals surface area contributed by atoms with Crippen molar-refractivity contribution in [3.8, 4) is 0 Å². The van der Waals surface area contributed by atoms with E-state index in [1.165, 1.54) is 6.42 Å². The monoisotopic (exact) mass is 354 g/mol. The van der Waals surface area contributed by atoms with Gasteiger partial charge in [-0.2, -0.15) is 4.39 Å². The number of rotatable bonds is 2. The van der Waals surface area contributed by atoms with E-state index in [4.69, 9.17) is 14.2 Å². The zero-order valence-corrected chi connectivity index (χ0v) is 13.4. The summed E-state index contributed by atoms with van der Waals surface area (Å²) in [5.41, 5.74) is -1.87. The Labute approximate surface area is 141 Å². The minimum absolute atomic E-state index is 0.298. The maximum atomic E-state index is 13.7. The number of aliphatic hydroxyl groups is 1. The van der Waals surface area contributed by atoms with Crippen molar-refractivity contribution in [1.29, 1.82) is 0 Å². The highest BCUT2D eigenvalue weighted by molar-refractivity contribution is 5.06. The van der Waals surface area contributed by atoms with Crippen molar-refractivity contribution in [2.24, 2.45) is 11.8 Å². The van der Waals surface area contributed by atoms with E-state index in [-0.39, 0.29) is 6.61 Å². The molecular weight excluding hydrogens is 335 g/mol. The molecule has 2 aliphatic carbocycles. The Bertz CT molecular complexity index is 824. The Morgan fingerprint density at radius 2 is 2.12 bits per heavy atom. The standard InChI is InChI=1S/C16H19FN2O6/c17-9-5-19(15(22)18-13(9)21)14-12-11(10(6-20)23-14)24-16(25-12)4-7-1-2-8(16)3-7/h5,7-8,10-12,14,20H,1-4,6H2,(H,18,21,22)/t7-,8+,10+,11+,12+,14+,16+/m0/s1. The lowest BCUT2D eigenvalue weighted by Crippen LogP contribution is -2.41. The first-order valence-electron chi connectivity index (χ1n) is 8.63. The van der Waals surface area contributed by atoms with E-state index in [2.05, 4.69) is 0 Å². The van der Waals surface area contributed by atoms with Gasteiger partial charge in [-0.1, -0.05) is 0 Å². The second-order valence-corrected chi connectivity index (χ2v) is 7.45. The van der Waals surface area contributed by atoms with Crippen LogP contribution in [-0.4, -0.2) is 45.4 Å². The minimum atomic E-state index is -1.08. The van der Waals surface area contributed by atoms with Crippen LogP contribution in [0.25, 0.3) is 0 Å².